The Bertz CT molecular complexity index is 408. The second kappa shape index (κ2) is 4.98. The van der Waals surface area contributed by atoms with E-state index in [4.69, 9.17) is 16.3 Å². The van der Waals surface area contributed by atoms with Gasteiger partial charge in [-0.15, -0.1) is 6.42 Å². The van der Waals surface area contributed by atoms with Crippen molar-refractivity contribution in [2.45, 2.75) is 6.61 Å². The van der Waals surface area contributed by atoms with Crippen molar-refractivity contribution in [3.05, 3.63) is 33.9 Å². The molecule has 0 radical (unpaired) electrons. The Morgan fingerprint density at radius 3 is 2.87 bits per heavy atom. The van der Waals surface area contributed by atoms with Crippen molar-refractivity contribution in [3.8, 4) is 18.1 Å². The Kier molecular flexibility index (Phi) is 3.66. The first-order valence-corrected chi connectivity index (χ1v) is 4.13. The van der Waals surface area contributed by atoms with Crippen molar-refractivity contribution in [1.82, 2.24) is 0 Å². The van der Waals surface area contributed by atoms with Crippen LogP contribution >= 0.6 is 0 Å². The molecule has 0 fully saturated rings. The number of hydrogen-bond donors (Lipinski definition) is 1. The molecular formula is C10H9NO4. The number of nitrogens with zero attached hydrogens (tertiary/aromatic N) is 1. The predicted octanol–water partition coefficient (Wildman–Crippen LogP) is 1.10. The van der Waals surface area contributed by atoms with Crippen LogP contribution in [0, 0.1) is 22.5 Å². The predicted molar refractivity (Wildman–Crippen MR) is 53.3 cm³/mol. The van der Waals surface area contributed by atoms with E-state index in [1.165, 1.54) is 18.2 Å². The van der Waals surface area contributed by atoms with E-state index < -0.39 is 11.5 Å². The van der Waals surface area contributed by atoms with Gasteiger partial charge in [0.15, 0.2) is 0 Å². The fourth-order valence-corrected chi connectivity index (χ4v) is 1.08. The molecule has 1 aromatic rings. The van der Waals surface area contributed by atoms with Crippen LogP contribution in [0.3, 0.4) is 0 Å². The summed E-state index contributed by atoms with van der Waals surface area (Å²) in [6, 6.07) is 4.11. The Hall–Kier alpha value is -2.06. The maximum atomic E-state index is 10.5. The SMILES string of the molecule is C#CCOc1ccc([N+](=O)[O-])c(CO)c1. The van der Waals surface area contributed by atoms with E-state index in [2.05, 4.69) is 5.92 Å². The lowest BCUT2D eigenvalue weighted by Crippen LogP contribution is -1.98. The summed E-state index contributed by atoms with van der Waals surface area (Å²) < 4.78 is 5.06. The summed E-state index contributed by atoms with van der Waals surface area (Å²) in [5.41, 5.74) is 0.0695. The highest BCUT2D eigenvalue weighted by Crippen LogP contribution is 2.23. The van der Waals surface area contributed by atoms with E-state index in [0.717, 1.165) is 0 Å². The molecule has 1 N–H and O–H groups in total. The van der Waals surface area contributed by atoms with Crippen LogP contribution in [0.5, 0.6) is 5.75 Å². The molecule has 0 bridgehead atoms. The fourth-order valence-electron chi connectivity index (χ4n) is 1.08. The van der Waals surface area contributed by atoms with Gasteiger partial charge in [0.25, 0.3) is 5.69 Å². The molecule has 0 heterocycles. The highest BCUT2D eigenvalue weighted by molar-refractivity contribution is 5.44. The lowest BCUT2D eigenvalue weighted by molar-refractivity contribution is -0.385. The van der Waals surface area contributed by atoms with Gasteiger partial charge in [-0.2, -0.15) is 0 Å². The number of ether oxygens (including phenoxy) is 1. The number of hydrogen-bond acceptors (Lipinski definition) is 4. The number of aliphatic hydroxyl groups is 1. The van der Waals surface area contributed by atoms with Crippen molar-refractivity contribution in [3.63, 3.8) is 0 Å². The van der Waals surface area contributed by atoms with Gasteiger partial charge in [0.2, 0.25) is 0 Å². The molecule has 15 heavy (non-hydrogen) atoms. The van der Waals surface area contributed by atoms with E-state index in [1.807, 2.05) is 0 Å². The van der Waals surface area contributed by atoms with Gasteiger partial charge in [0.05, 0.1) is 17.1 Å². The first kappa shape index (κ1) is 11.0. The summed E-state index contributed by atoms with van der Waals surface area (Å²) >= 11 is 0. The largest absolute Gasteiger partial charge is 0.481 e. The molecule has 1 aromatic carbocycles. The van der Waals surface area contributed by atoms with Crippen LogP contribution in [-0.2, 0) is 6.61 Å². The summed E-state index contributed by atoms with van der Waals surface area (Å²) in [7, 11) is 0. The second-order valence-corrected chi connectivity index (χ2v) is 2.70. The third-order valence-corrected chi connectivity index (χ3v) is 1.74. The molecule has 0 aliphatic rings. The van der Waals surface area contributed by atoms with Gasteiger partial charge in [0, 0.05) is 6.07 Å². The summed E-state index contributed by atoms with van der Waals surface area (Å²) in [5, 5.41) is 19.4. The number of nitro benzene ring substituents is 1. The van der Waals surface area contributed by atoms with Gasteiger partial charge in [-0.1, -0.05) is 5.92 Å². The van der Waals surface area contributed by atoms with Crippen LogP contribution in [0.4, 0.5) is 5.69 Å². The van der Waals surface area contributed by atoms with Crippen LogP contribution in [0.1, 0.15) is 5.56 Å². The first-order valence-electron chi connectivity index (χ1n) is 4.13. The summed E-state index contributed by atoms with van der Waals surface area (Å²) in [5.74, 6) is 2.68. The highest BCUT2D eigenvalue weighted by atomic mass is 16.6. The van der Waals surface area contributed by atoms with Gasteiger partial charge in [0.1, 0.15) is 12.4 Å². The first-order chi connectivity index (χ1) is 7.19. The van der Waals surface area contributed by atoms with Crippen LogP contribution in [0.2, 0.25) is 0 Å². The van der Waals surface area contributed by atoms with Crippen molar-refractivity contribution in [1.29, 1.82) is 0 Å². The zero-order valence-corrected chi connectivity index (χ0v) is 7.84. The van der Waals surface area contributed by atoms with Crippen molar-refractivity contribution in [2.24, 2.45) is 0 Å². The quantitative estimate of drug-likeness (QED) is 0.456. The third kappa shape index (κ3) is 2.69. The Morgan fingerprint density at radius 2 is 2.33 bits per heavy atom. The molecule has 5 nitrogen and oxygen atoms in total. The Morgan fingerprint density at radius 1 is 1.60 bits per heavy atom. The fraction of sp³-hybridized carbons (Fsp3) is 0.200. The highest BCUT2D eigenvalue weighted by Gasteiger charge is 2.13. The van der Waals surface area contributed by atoms with E-state index in [-0.39, 0.29) is 17.9 Å². The lowest BCUT2D eigenvalue weighted by atomic mass is 10.2. The molecule has 0 aliphatic carbocycles. The lowest BCUT2D eigenvalue weighted by Gasteiger charge is -2.04. The molecular weight excluding hydrogens is 198 g/mol. The van der Waals surface area contributed by atoms with E-state index >= 15 is 0 Å². The minimum absolute atomic E-state index is 0.0860. The molecule has 1 rings (SSSR count). The van der Waals surface area contributed by atoms with E-state index in [0.29, 0.717) is 5.75 Å². The van der Waals surface area contributed by atoms with Crippen LogP contribution in [-0.4, -0.2) is 16.6 Å². The molecule has 0 aromatic heterocycles. The maximum absolute atomic E-state index is 10.5. The number of terminal acetylenes is 1. The number of rotatable bonds is 4. The smallest absolute Gasteiger partial charge is 0.275 e. The van der Waals surface area contributed by atoms with Crippen LogP contribution in [0.15, 0.2) is 18.2 Å². The Balaban J connectivity index is 2.98. The van der Waals surface area contributed by atoms with Gasteiger partial charge in [-0.05, 0) is 12.1 Å². The molecule has 0 amide bonds. The van der Waals surface area contributed by atoms with Crippen molar-refractivity contribution in [2.75, 3.05) is 6.61 Å². The zero-order chi connectivity index (χ0) is 11.3. The Labute approximate surface area is 86.5 Å². The number of aliphatic hydroxyl groups excluding tert-OH is 1. The van der Waals surface area contributed by atoms with Crippen molar-refractivity contribution >= 4 is 5.69 Å². The van der Waals surface area contributed by atoms with Crippen LogP contribution < -0.4 is 4.74 Å². The third-order valence-electron chi connectivity index (χ3n) is 1.74. The average molecular weight is 207 g/mol. The summed E-state index contributed by atoms with van der Waals surface area (Å²) in [6.07, 6.45) is 4.99. The van der Waals surface area contributed by atoms with Crippen molar-refractivity contribution < 1.29 is 14.8 Å². The van der Waals surface area contributed by atoms with Gasteiger partial charge < -0.3 is 9.84 Å². The van der Waals surface area contributed by atoms with E-state index in [9.17, 15) is 10.1 Å². The molecule has 0 unspecified atom stereocenters. The normalized spacial score (nSPS) is 9.33. The molecule has 0 atom stereocenters. The number of nitro groups is 1. The van der Waals surface area contributed by atoms with E-state index in [1.54, 1.807) is 0 Å². The molecule has 0 spiro atoms. The molecule has 5 heteroatoms. The minimum atomic E-state index is -0.559. The maximum Gasteiger partial charge on any atom is 0.275 e. The minimum Gasteiger partial charge on any atom is -0.481 e. The van der Waals surface area contributed by atoms with Crippen LogP contribution in [0.25, 0.3) is 0 Å². The van der Waals surface area contributed by atoms with Gasteiger partial charge in [-0.3, -0.25) is 10.1 Å². The summed E-state index contributed by atoms with van der Waals surface area (Å²) in [4.78, 5) is 9.97. The second-order valence-electron chi connectivity index (χ2n) is 2.70. The van der Waals surface area contributed by atoms with Gasteiger partial charge in [-0.25, -0.2) is 0 Å². The summed E-state index contributed by atoms with van der Waals surface area (Å²) in [6.45, 7) is -0.327. The zero-order valence-electron chi connectivity index (χ0n) is 7.84. The molecule has 78 valence electrons. The molecule has 0 saturated heterocycles. The average Bonchev–Trinajstić information content (AvgIpc) is 2.25. The topological polar surface area (TPSA) is 72.6 Å². The molecule has 0 aliphatic heterocycles. The van der Waals surface area contributed by atoms with Gasteiger partial charge >= 0.3 is 0 Å². The number of benzene rings is 1. The monoisotopic (exact) mass is 207 g/mol. The molecule has 0 saturated carbocycles. The standard InChI is InChI=1S/C10H9NO4/c1-2-5-15-9-3-4-10(11(13)14)8(6-9)7-12/h1,3-4,6,12H,5,7H2.